The van der Waals surface area contributed by atoms with E-state index in [-0.39, 0.29) is 5.92 Å². The highest BCUT2D eigenvalue weighted by Gasteiger charge is 2.14. The second-order valence-electron chi connectivity index (χ2n) is 15.4. The lowest BCUT2D eigenvalue weighted by molar-refractivity contribution is 0.652. The van der Waals surface area contributed by atoms with E-state index in [1.165, 1.54) is 72.3 Å². The van der Waals surface area contributed by atoms with Gasteiger partial charge in [-0.15, -0.1) is 0 Å². The molecule has 0 amide bonds. The Morgan fingerprint density at radius 1 is 0.333 bits per heavy atom. The standard InChI is InChI=1S/C56H42N4/c1-2-10-39(11-3-1)52-30-53(48-20-6-16-44(26-48)40-12-4-14-42(24-40)46-18-8-22-50(28-46)55-33-57-37-58-34-55)32-54(31-52)49-21-7-17-45(27-49)41-13-5-15-43(25-41)47-19-9-23-51(29-47)56-35-59-38-60-36-56/h1-35,37,56,60H,36,38H2. The van der Waals surface area contributed by atoms with Gasteiger partial charge in [-0.1, -0.05) is 146 Å². The first-order valence-electron chi connectivity index (χ1n) is 20.5. The average molecular weight is 771 g/mol. The average Bonchev–Trinajstić information content (AvgIpc) is 3.35. The lowest BCUT2D eigenvalue weighted by Gasteiger charge is -2.18. The summed E-state index contributed by atoms with van der Waals surface area (Å²) in [4.78, 5) is 12.9. The zero-order chi connectivity index (χ0) is 40.1. The molecule has 9 aromatic rings. The van der Waals surface area contributed by atoms with Crippen LogP contribution in [0.4, 0.5) is 0 Å². The minimum Gasteiger partial charge on any atom is -0.297 e. The lowest BCUT2D eigenvalue weighted by atomic mass is 9.90. The van der Waals surface area contributed by atoms with Gasteiger partial charge < -0.3 is 0 Å². The van der Waals surface area contributed by atoms with Crippen LogP contribution in [0.15, 0.2) is 218 Å². The van der Waals surface area contributed by atoms with Crippen LogP contribution in [-0.4, -0.2) is 29.4 Å². The Labute approximate surface area is 351 Å². The predicted octanol–water partition coefficient (Wildman–Crippen LogP) is 13.5. The molecule has 0 fully saturated rings. The summed E-state index contributed by atoms with van der Waals surface area (Å²) in [5, 5.41) is 3.39. The van der Waals surface area contributed by atoms with Crippen LogP contribution in [0.25, 0.3) is 89.0 Å². The van der Waals surface area contributed by atoms with Gasteiger partial charge in [-0.25, -0.2) is 9.97 Å². The summed E-state index contributed by atoms with van der Waals surface area (Å²) in [6, 6.07) is 70.7. The molecule has 2 heterocycles. The van der Waals surface area contributed by atoms with E-state index in [2.05, 4.69) is 221 Å². The maximum Gasteiger partial charge on any atom is 0.115 e. The van der Waals surface area contributed by atoms with E-state index in [1.54, 1.807) is 6.33 Å². The Bertz CT molecular complexity index is 2970. The number of nitrogens with one attached hydrogen (secondary N) is 1. The largest absolute Gasteiger partial charge is 0.297 e. The van der Waals surface area contributed by atoms with Gasteiger partial charge in [-0.3, -0.25) is 10.3 Å². The molecule has 0 spiro atoms. The first kappa shape index (κ1) is 36.8. The minimum absolute atomic E-state index is 0.286. The number of hydrogen-bond acceptors (Lipinski definition) is 4. The van der Waals surface area contributed by atoms with Crippen LogP contribution in [0.2, 0.25) is 0 Å². The molecule has 0 saturated carbocycles. The van der Waals surface area contributed by atoms with Crippen LogP contribution in [0.5, 0.6) is 0 Å². The van der Waals surface area contributed by atoms with E-state index in [9.17, 15) is 0 Å². The molecular weight excluding hydrogens is 729 g/mol. The van der Waals surface area contributed by atoms with Gasteiger partial charge in [0.1, 0.15) is 6.33 Å². The van der Waals surface area contributed by atoms with E-state index in [0.717, 1.165) is 28.8 Å². The molecule has 10 rings (SSSR count). The summed E-state index contributed by atoms with van der Waals surface area (Å²) in [5.74, 6) is 0.286. The highest BCUT2D eigenvalue weighted by Crippen LogP contribution is 2.37. The Morgan fingerprint density at radius 2 is 0.683 bits per heavy atom. The van der Waals surface area contributed by atoms with Crippen LogP contribution in [-0.2, 0) is 0 Å². The summed E-state index contributed by atoms with van der Waals surface area (Å²) in [6.07, 6.45) is 7.36. The zero-order valence-corrected chi connectivity index (χ0v) is 33.1. The van der Waals surface area contributed by atoms with Crippen molar-refractivity contribution in [2.75, 3.05) is 13.2 Å². The van der Waals surface area contributed by atoms with Gasteiger partial charge in [0.25, 0.3) is 0 Å². The summed E-state index contributed by atoms with van der Waals surface area (Å²) in [6.45, 7) is 1.61. The van der Waals surface area contributed by atoms with E-state index < -0.39 is 0 Å². The Balaban J connectivity index is 0.991. The molecule has 1 atom stereocenters. The van der Waals surface area contributed by atoms with Crippen molar-refractivity contribution in [1.82, 2.24) is 15.3 Å². The topological polar surface area (TPSA) is 50.2 Å². The molecular formula is C56H42N4. The van der Waals surface area contributed by atoms with Crippen LogP contribution in [0.3, 0.4) is 0 Å². The van der Waals surface area contributed by atoms with E-state index in [4.69, 9.17) is 0 Å². The number of hydrogen-bond donors (Lipinski definition) is 1. The molecule has 60 heavy (non-hydrogen) atoms. The van der Waals surface area contributed by atoms with Crippen molar-refractivity contribution in [1.29, 1.82) is 0 Å². The highest BCUT2D eigenvalue weighted by atomic mass is 15.0. The highest BCUT2D eigenvalue weighted by molar-refractivity contribution is 5.85. The molecule has 4 heteroatoms. The SMILES string of the molecule is C1=NCNCC1c1cccc(-c2cccc(-c3cccc(-c4cc(-c5ccccc5)cc(-c5cccc(-c6cccc(-c7cccc(-c8cncnc8)c7)c6)c5)c4)c3)c2)c1. The van der Waals surface area contributed by atoms with Gasteiger partial charge in [0, 0.05) is 36.6 Å². The number of benzene rings is 8. The van der Waals surface area contributed by atoms with Gasteiger partial charge >= 0.3 is 0 Å². The molecule has 0 radical (unpaired) electrons. The number of aliphatic imine (C=N–C) groups is 1. The monoisotopic (exact) mass is 770 g/mol. The third-order valence-corrected chi connectivity index (χ3v) is 11.4. The normalized spacial score (nSPS) is 13.6. The van der Waals surface area contributed by atoms with Gasteiger partial charge in [0.2, 0.25) is 0 Å². The molecule has 8 aromatic carbocycles. The second kappa shape index (κ2) is 16.8. The fourth-order valence-electron chi connectivity index (χ4n) is 8.27. The van der Waals surface area contributed by atoms with Crippen molar-refractivity contribution in [3.05, 3.63) is 218 Å². The Morgan fingerprint density at radius 3 is 1.12 bits per heavy atom. The fourth-order valence-corrected chi connectivity index (χ4v) is 8.27. The van der Waals surface area contributed by atoms with Gasteiger partial charge in [0.05, 0.1) is 6.67 Å². The molecule has 4 nitrogen and oxygen atoms in total. The first-order chi connectivity index (χ1) is 29.7. The lowest BCUT2D eigenvalue weighted by Crippen LogP contribution is -2.27. The molecule has 1 aromatic heterocycles. The maximum atomic E-state index is 4.47. The van der Waals surface area contributed by atoms with E-state index in [1.807, 2.05) is 12.4 Å². The van der Waals surface area contributed by atoms with Crippen LogP contribution >= 0.6 is 0 Å². The molecule has 0 bridgehead atoms. The predicted molar refractivity (Wildman–Crippen MR) is 250 cm³/mol. The molecule has 1 N–H and O–H groups in total. The molecule has 1 aliphatic rings. The third-order valence-electron chi connectivity index (χ3n) is 11.4. The van der Waals surface area contributed by atoms with Crippen molar-refractivity contribution >= 4 is 6.21 Å². The smallest absolute Gasteiger partial charge is 0.115 e. The second-order valence-corrected chi connectivity index (χ2v) is 15.4. The fraction of sp³-hybridized carbons (Fsp3) is 0.0536. The maximum absolute atomic E-state index is 4.47. The molecule has 0 saturated heterocycles. The van der Waals surface area contributed by atoms with E-state index in [0.29, 0.717) is 6.67 Å². The summed E-state index contributed by atoms with van der Waals surface area (Å²) in [5.41, 5.74) is 19.9. The van der Waals surface area contributed by atoms with Gasteiger partial charge in [-0.05, 0) is 138 Å². The molecule has 0 aliphatic carbocycles. The number of nitrogens with zero attached hydrogens (tertiary/aromatic N) is 3. The van der Waals surface area contributed by atoms with Crippen molar-refractivity contribution < 1.29 is 0 Å². The zero-order valence-electron chi connectivity index (χ0n) is 33.1. The van der Waals surface area contributed by atoms with Crippen LogP contribution < -0.4 is 5.32 Å². The molecule has 286 valence electrons. The third kappa shape index (κ3) is 7.97. The van der Waals surface area contributed by atoms with Crippen molar-refractivity contribution in [3.63, 3.8) is 0 Å². The summed E-state index contributed by atoms with van der Waals surface area (Å²) >= 11 is 0. The number of rotatable bonds is 9. The summed E-state index contributed by atoms with van der Waals surface area (Å²) < 4.78 is 0. The van der Waals surface area contributed by atoms with Crippen molar-refractivity contribution in [3.8, 4) is 89.0 Å². The van der Waals surface area contributed by atoms with E-state index >= 15 is 0 Å². The van der Waals surface area contributed by atoms with Crippen molar-refractivity contribution in [2.45, 2.75) is 5.92 Å². The van der Waals surface area contributed by atoms with Crippen LogP contribution in [0.1, 0.15) is 11.5 Å². The van der Waals surface area contributed by atoms with Crippen LogP contribution in [0, 0.1) is 0 Å². The Kier molecular flexibility index (Phi) is 10.3. The quantitative estimate of drug-likeness (QED) is 0.159. The molecule has 1 aliphatic heterocycles. The Hall–Kier alpha value is -7.53. The van der Waals surface area contributed by atoms with Crippen molar-refractivity contribution in [2.24, 2.45) is 4.99 Å². The number of aromatic nitrogens is 2. The first-order valence-corrected chi connectivity index (χ1v) is 20.5. The van der Waals surface area contributed by atoms with Gasteiger partial charge in [-0.2, -0.15) is 0 Å². The minimum atomic E-state index is 0.286. The summed E-state index contributed by atoms with van der Waals surface area (Å²) in [7, 11) is 0. The van der Waals surface area contributed by atoms with Gasteiger partial charge in [0.15, 0.2) is 0 Å². The molecule has 1 unspecified atom stereocenters.